The van der Waals surface area contributed by atoms with Gasteiger partial charge in [0.05, 0.1) is 12.1 Å². The molecular formula is C23H25N5O4S2. The number of carboxylic acid groups (broad SMARTS) is 1. The van der Waals surface area contributed by atoms with Gasteiger partial charge in [0.25, 0.3) is 0 Å². The van der Waals surface area contributed by atoms with Crippen LogP contribution in [-0.4, -0.2) is 47.8 Å². The van der Waals surface area contributed by atoms with Gasteiger partial charge in [0.2, 0.25) is 5.16 Å². The average Bonchev–Trinajstić information content (AvgIpc) is 3.55. The number of Topliss-reactive ketones (excluding diaryl/α,β-unsaturated/α-hetero) is 2. The number of benzene rings is 1. The number of carboxylic acids is 1. The highest BCUT2D eigenvalue weighted by Crippen LogP contribution is 2.30. The van der Waals surface area contributed by atoms with Crippen LogP contribution >= 0.6 is 23.1 Å². The minimum Gasteiger partial charge on any atom is -0.480 e. The van der Waals surface area contributed by atoms with Gasteiger partial charge in [-0.05, 0) is 41.8 Å². The van der Waals surface area contributed by atoms with Gasteiger partial charge in [-0.15, -0.1) is 16.4 Å². The molecule has 0 spiro atoms. The number of aromatic nitrogens is 5. The van der Waals surface area contributed by atoms with Crippen molar-refractivity contribution in [1.82, 2.24) is 25.2 Å². The average molecular weight is 500 g/mol. The van der Waals surface area contributed by atoms with Gasteiger partial charge in [-0.2, -0.15) is 0 Å². The molecule has 178 valence electrons. The van der Waals surface area contributed by atoms with Crippen LogP contribution in [0.15, 0.2) is 28.7 Å². The standard InChI is InChI=1S/C23H25N5O4S2/c1-14-6-7-16(19(8-14)22(32)15-4-2-3-5-15)9-18(29)10-20-24-17(12-33-20)13-34-23-25-26-27-28(23)11-21(30)31/h6-8,12,15H,2-5,9-11,13H2,1H3,(H,30,31). The van der Waals surface area contributed by atoms with Crippen LogP contribution < -0.4 is 0 Å². The van der Waals surface area contributed by atoms with Crippen LogP contribution in [0.2, 0.25) is 0 Å². The van der Waals surface area contributed by atoms with E-state index in [0.29, 0.717) is 21.5 Å². The maximum Gasteiger partial charge on any atom is 0.325 e. The number of rotatable bonds is 11. The van der Waals surface area contributed by atoms with Gasteiger partial charge in [0.1, 0.15) is 17.3 Å². The Hall–Kier alpha value is -2.92. The molecule has 3 aromatic rings. The molecule has 0 amide bonds. The number of thioether (sulfide) groups is 1. The van der Waals surface area contributed by atoms with Crippen LogP contribution in [0.25, 0.3) is 0 Å². The van der Waals surface area contributed by atoms with Crippen LogP contribution in [0, 0.1) is 12.8 Å². The van der Waals surface area contributed by atoms with E-state index in [0.717, 1.165) is 42.5 Å². The van der Waals surface area contributed by atoms with Gasteiger partial charge in [-0.1, -0.05) is 42.3 Å². The molecule has 1 aliphatic rings. The van der Waals surface area contributed by atoms with Crippen molar-refractivity contribution in [2.24, 2.45) is 5.92 Å². The predicted octanol–water partition coefficient (Wildman–Crippen LogP) is 3.54. The van der Waals surface area contributed by atoms with Crippen molar-refractivity contribution >= 4 is 40.6 Å². The summed E-state index contributed by atoms with van der Waals surface area (Å²) in [5, 5.41) is 22.9. The molecule has 34 heavy (non-hydrogen) atoms. The normalized spacial score (nSPS) is 13.9. The molecule has 1 fully saturated rings. The van der Waals surface area contributed by atoms with Crippen LogP contribution in [0.4, 0.5) is 0 Å². The summed E-state index contributed by atoms with van der Waals surface area (Å²) >= 11 is 2.70. The molecule has 4 rings (SSSR count). The molecule has 2 aromatic heterocycles. The first-order valence-electron chi connectivity index (χ1n) is 11.1. The van der Waals surface area contributed by atoms with Gasteiger partial charge in [0, 0.05) is 29.0 Å². The molecule has 1 aliphatic carbocycles. The number of hydrogen-bond donors (Lipinski definition) is 1. The van der Waals surface area contributed by atoms with Gasteiger partial charge in [-0.25, -0.2) is 9.67 Å². The first-order valence-corrected chi connectivity index (χ1v) is 12.9. The van der Waals surface area contributed by atoms with E-state index in [-0.39, 0.29) is 36.9 Å². The van der Waals surface area contributed by atoms with Crippen molar-refractivity contribution in [3.63, 3.8) is 0 Å². The maximum atomic E-state index is 13.0. The Labute approximate surface area is 205 Å². The number of thiazole rings is 1. The molecule has 1 N–H and O–H groups in total. The van der Waals surface area contributed by atoms with E-state index in [9.17, 15) is 14.4 Å². The first-order chi connectivity index (χ1) is 16.4. The topological polar surface area (TPSA) is 128 Å². The summed E-state index contributed by atoms with van der Waals surface area (Å²) in [4.78, 5) is 41.3. The van der Waals surface area contributed by atoms with Crippen molar-refractivity contribution in [3.05, 3.63) is 51.0 Å². The molecule has 0 unspecified atom stereocenters. The number of carbonyl (C=O) groups excluding carboxylic acids is 2. The number of tetrazole rings is 1. The SMILES string of the molecule is Cc1ccc(CC(=O)Cc2nc(CSc3nnnn3CC(=O)O)cs2)c(C(=O)C2CCCC2)c1. The number of ketones is 2. The molecule has 0 atom stereocenters. The molecule has 0 aliphatic heterocycles. The highest BCUT2D eigenvalue weighted by atomic mass is 32.2. The van der Waals surface area contributed by atoms with Gasteiger partial charge >= 0.3 is 5.97 Å². The lowest BCUT2D eigenvalue weighted by Gasteiger charge is -2.13. The Morgan fingerprint density at radius 2 is 2.00 bits per heavy atom. The van der Waals surface area contributed by atoms with Crippen molar-refractivity contribution in [2.45, 2.75) is 62.9 Å². The van der Waals surface area contributed by atoms with E-state index in [1.54, 1.807) is 0 Å². The van der Waals surface area contributed by atoms with E-state index in [1.807, 2.05) is 30.5 Å². The summed E-state index contributed by atoms with van der Waals surface area (Å²) in [6.45, 7) is 1.66. The molecule has 11 heteroatoms. The molecule has 0 saturated heterocycles. The molecule has 0 bridgehead atoms. The third-order valence-corrected chi connectivity index (χ3v) is 7.61. The Bertz CT molecular complexity index is 1200. The van der Waals surface area contributed by atoms with Crippen molar-refractivity contribution in [3.8, 4) is 0 Å². The Kier molecular flexibility index (Phi) is 7.84. The highest BCUT2D eigenvalue weighted by Gasteiger charge is 2.26. The number of nitrogens with zero attached hydrogens (tertiary/aromatic N) is 5. The monoisotopic (exact) mass is 499 g/mol. The zero-order valence-corrected chi connectivity index (χ0v) is 20.4. The molecule has 1 saturated carbocycles. The van der Waals surface area contributed by atoms with Gasteiger partial charge in [0.15, 0.2) is 5.78 Å². The van der Waals surface area contributed by atoms with Crippen LogP contribution in [0.5, 0.6) is 0 Å². The van der Waals surface area contributed by atoms with E-state index in [2.05, 4.69) is 20.5 Å². The number of aliphatic carboxylic acids is 1. The third-order valence-electron chi connectivity index (χ3n) is 5.73. The van der Waals surface area contributed by atoms with Crippen molar-refractivity contribution < 1.29 is 19.5 Å². The summed E-state index contributed by atoms with van der Waals surface area (Å²) < 4.78 is 1.22. The number of hydrogen-bond acceptors (Lipinski definition) is 9. The van der Waals surface area contributed by atoms with E-state index in [1.165, 1.54) is 27.8 Å². The zero-order valence-electron chi connectivity index (χ0n) is 18.8. The summed E-state index contributed by atoms with van der Waals surface area (Å²) in [6, 6.07) is 5.77. The lowest BCUT2D eigenvalue weighted by molar-refractivity contribution is -0.138. The van der Waals surface area contributed by atoms with E-state index >= 15 is 0 Å². The first kappa shape index (κ1) is 24.2. The lowest BCUT2D eigenvalue weighted by atomic mass is 9.90. The van der Waals surface area contributed by atoms with E-state index in [4.69, 9.17) is 5.11 Å². The molecule has 9 nitrogen and oxygen atoms in total. The Morgan fingerprint density at radius 3 is 2.76 bits per heavy atom. The fraction of sp³-hybridized carbons (Fsp3) is 0.435. The van der Waals surface area contributed by atoms with Gasteiger partial charge < -0.3 is 5.11 Å². The minimum atomic E-state index is -1.02. The van der Waals surface area contributed by atoms with Crippen molar-refractivity contribution in [1.29, 1.82) is 0 Å². The maximum absolute atomic E-state index is 13.0. The van der Waals surface area contributed by atoms with E-state index < -0.39 is 5.97 Å². The number of carbonyl (C=O) groups is 3. The summed E-state index contributed by atoms with van der Waals surface area (Å²) in [5.74, 6) is -0.301. The third kappa shape index (κ3) is 6.15. The number of aryl methyl sites for hydroxylation is 1. The van der Waals surface area contributed by atoms with Crippen LogP contribution in [0.3, 0.4) is 0 Å². The fourth-order valence-corrected chi connectivity index (χ4v) is 5.78. The smallest absolute Gasteiger partial charge is 0.325 e. The fourth-order valence-electron chi connectivity index (χ4n) is 4.09. The summed E-state index contributed by atoms with van der Waals surface area (Å²) in [7, 11) is 0. The molecule has 0 radical (unpaired) electrons. The van der Waals surface area contributed by atoms with Crippen LogP contribution in [-0.2, 0) is 34.7 Å². The Balaban J connectivity index is 1.36. The summed E-state index contributed by atoms with van der Waals surface area (Å²) in [5.41, 5.74) is 3.28. The molecule has 2 heterocycles. The Morgan fingerprint density at radius 1 is 1.21 bits per heavy atom. The molecular weight excluding hydrogens is 474 g/mol. The lowest BCUT2D eigenvalue weighted by Crippen LogP contribution is -2.16. The minimum absolute atomic E-state index is 0.0169. The second-order valence-electron chi connectivity index (χ2n) is 8.43. The van der Waals surface area contributed by atoms with Gasteiger partial charge in [-0.3, -0.25) is 14.4 Å². The van der Waals surface area contributed by atoms with Crippen LogP contribution in [0.1, 0.15) is 57.9 Å². The zero-order chi connectivity index (χ0) is 24.1. The second-order valence-corrected chi connectivity index (χ2v) is 10.3. The molecule has 1 aromatic carbocycles. The quantitative estimate of drug-likeness (QED) is 0.311. The predicted molar refractivity (Wildman–Crippen MR) is 127 cm³/mol. The largest absolute Gasteiger partial charge is 0.480 e. The van der Waals surface area contributed by atoms with Crippen molar-refractivity contribution in [2.75, 3.05) is 0 Å². The highest BCUT2D eigenvalue weighted by molar-refractivity contribution is 7.98. The summed E-state index contributed by atoms with van der Waals surface area (Å²) in [6.07, 6.45) is 4.47. The second kappa shape index (κ2) is 11.0.